The first-order valence-corrected chi connectivity index (χ1v) is 11.4. The molecule has 4 N–H and O–H groups in total. The monoisotopic (exact) mass is 494 g/mol. The molecule has 4 atom stereocenters. The van der Waals surface area contributed by atoms with Crippen molar-refractivity contribution in [3.63, 3.8) is 0 Å². The molecule has 2 aromatic carbocycles. The molecule has 12 heteroatoms. The van der Waals surface area contributed by atoms with E-state index in [9.17, 15) is 14.4 Å². The second-order valence-corrected chi connectivity index (χ2v) is 8.98. The van der Waals surface area contributed by atoms with Crippen molar-refractivity contribution in [1.29, 1.82) is 5.26 Å². The zero-order valence-electron chi connectivity index (χ0n) is 19.0. The van der Waals surface area contributed by atoms with Gasteiger partial charge in [-0.3, -0.25) is 4.79 Å². The van der Waals surface area contributed by atoms with E-state index < -0.39 is 11.9 Å². The van der Waals surface area contributed by atoms with Gasteiger partial charge in [0.05, 0.1) is 24.0 Å². The molecule has 11 nitrogen and oxygen atoms in total. The molecule has 1 aromatic heterocycles. The van der Waals surface area contributed by atoms with Crippen LogP contribution in [0.4, 0.5) is 4.39 Å². The summed E-state index contributed by atoms with van der Waals surface area (Å²) in [6, 6.07) is 10.0. The minimum atomic E-state index is -0.856. The van der Waals surface area contributed by atoms with Gasteiger partial charge in [0, 0.05) is 18.0 Å². The fraction of sp³-hybridized carbons (Fsp3) is 0.333. The lowest BCUT2D eigenvalue weighted by Gasteiger charge is -2.23. The number of carbonyl (C=O) groups is 1. The highest BCUT2D eigenvalue weighted by atomic mass is 19.1. The number of amides is 1. The SMILES string of the molecule is N#C[C@H](Cc1ccc(-n2cc(-c3ccc(OO)c(OO)c3)nn2)cc1F)NC(=O)[C@H]1N[C@@H]2CC[C@H]1C2. The predicted molar refractivity (Wildman–Crippen MR) is 123 cm³/mol. The van der Waals surface area contributed by atoms with Crippen LogP contribution in [0.3, 0.4) is 0 Å². The van der Waals surface area contributed by atoms with Gasteiger partial charge in [0.1, 0.15) is 17.6 Å². The molecule has 5 rings (SSSR count). The lowest BCUT2D eigenvalue weighted by molar-refractivity contribution is -0.164. The number of hydrogen-bond acceptors (Lipinski definition) is 9. The molecular weight excluding hydrogens is 471 g/mol. The minimum Gasteiger partial charge on any atom is -0.339 e. The Labute approximate surface area is 204 Å². The number of hydrogen-bond donors (Lipinski definition) is 4. The van der Waals surface area contributed by atoms with Crippen LogP contribution < -0.4 is 20.4 Å². The van der Waals surface area contributed by atoms with E-state index in [0.717, 1.165) is 19.3 Å². The highest BCUT2D eigenvalue weighted by molar-refractivity contribution is 5.83. The molecule has 0 unspecified atom stereocenters. The Hall–Kier alpha value is -4.05. The number of aromatic nitrogens is 3. The summed E-state index contributed by atoms with van der Waals surface area (Å²) in [6.07, 6.45) is 4.63. The van der Waals surface area contributed by atoms with E-state index in [1.165, 1.54) is 22.9 Å². The normalized spacial score (nSPS) is 21.1. The predicted octanol–water partition coefficient (Wildman–Crippen LogP) is 2.47. The van der Waals surface area contributed by atoms with Crippen molar-refractivity contribution in [2.75, 3.05) is 0 Å². The number of nitrogens with one attached hydrogen (secondary N) is 2. The maximum absolute atomic E-state index is 14.9. The summed E-state index contributed by atoms with van der Waals surface area (Å²) < 4.78 is 16.3. The van der Waals surface area contributed by atoms with E-state index in [1.54, 1.807) is 24.4 Å². The average Bonchev–Trinajstić information content (AvgIpc) is 3.66. The zero-order chi connectivity index (χ0) is 25.2. The number of rotatable bonds is 8. The Kier molecular flexibility index (Phi) is 6.51. The third-order valence-corrected chi connectivity index (χ3v) is 6.77. The topological polar surface area (TPSA) is 155 Å². The Morgan fingerprint density at radius 1 is 1.25 bits per heavy atom. The van der Waals surface area contributed by atoms with E-state index in [2.05, 4.69) is 36.8 Å². The van der Waals surface area contributed by atoms with Gasteiger partial charge in [-0.15, -0.1) is 5.10 Å². The van der Waals surface area contributed by atoms with Crippen molar-refractivity contribution in [2.24, 2.45) is 5.92 Å². The number of fused-ring (bicyclic) bond motifs is 2. The van der Waals surface area contributed by atoms with E-state index in [-0.39, 0.29) is 35.4 Å². The number of nitrogens with zero attached hydrogens (tertiary/aromatic N) is 4. The second-order valence-electron chi connectivity index (χ2n) is 8.98. The molecular formula is C24H23FN6O5. The smallest absolute Gasteiger partial charge is 0.238 e. The average molecular weight is 494 g/mol. The van der Waals surface area contributed by atoms with Crippen molar-refractivity contribution in [2.45, 2.75) is 43.8 Å². The van der Waals surface area contributed by atoms with Crippen LogP contribution in [0.5, 0.6) is 11.5 Å². The summed E-state index contributed by atoms with van der Waals surface area (Å²) in [5, 5.41) is 41.4. The Bertz CT molecular complexity index is 1320. The van der Waals surface area contributed by atoms with Gasteiger partial charge in [0.15, 0.2) is 0 Å². The van der Waals surface area contributed by atoms with Crippen LogP contribution in [0.2, 0.25) is 0 Å². The van der Waals surface area contributed by atoms with Gasteiger partial charge in [-0.1, -0.05) is 11.3 Å². The van der Waals surface area contributed by atoms with Crippen LogP contribution in [0.1, 0.15) is 24.8 Å². The first-order chi connectivity index (χ1) is 17.5. The molecule has 36 heavy (non-hydrogen) atoms. The molecule has 1 aliphatic heterocycles. The molecule has 2 aliphatic rings. The quantitative estimate of drug-likeness (QED) is 0.273. The molecule has 2 bridgehead atoms. The maximum atomic E-state index is 14.9. The zero-order valence-corrected chi connectivity index (χ0v) is 19.0. The first kappa shape index (κ1) is 23.7. The lowest BCUT2D eigenvalue weighted by atomic mass is 9.98. The summed E-state index contributed by atoms with van der Waals surface area (Å²) >= 11 is 0. The Morgan fingerprint density at radius 2 is 2.08 bits per heavy atom. The summed E-state index contributed by atoms with van der Waals surface area (Å²) in [7, 11) is 0. The third-order valence-electron chi connectivity index (χ3n) is 6.77. The van der Waals surface area contributed by atoms with E-state index >= 15 is 0 Å². The third kappa shape index (κ3) is 4.59. The fourth-order valence-electron chi connectivity index (χ4n) is 4.94. The van der Waals surface area contributed by atoms with E-state index in [4.69, 9.17) is 10.5 Å². The highest BCUT2D eigenvalue weighted by Gasteiger charge is 2.43. The Morgan fingerprint density at radius 3 is 2.75 bits per heavy atom. The summed E-state index contributed by atoms with van der Waals surface area (Å²) in [6.45, 7) is 0. The van der Waals surface area contributed by atoms with Gasteiger partial charge in [-0.25, -0.2) is 19.6 Å². The van der Waals surface area contributed by atoms with Gasteiger partial charge in [0.25, 0.3) is 0 Å². The number of halogens is 1. The van der Waals surface area contributed by atoms with Crippen LogP contribution in [0.15, 0.2) is 42.6 Å². The van der Waals surface area contributed by atoms with Gasteiger partial charge >= 0.3 is 0 Å². The Balaban J connectivity index is 1.27. The van der Waals surface area contributed by atoms with Crippen molar-refractivity contribution in [3.05, 3.63) is 54.0 Å². The molecule has 186 valence electrons. The van der Waals surface area contributed by atoms with Crippen LogP contribution in [0.25, 0.3) is 16.9 Å². The van der Waals surface area contributed by atoms with Crippen LogP contribution in [-0.4, -0.2) is 49.5 Å². The van der Waals surface area contributed by atoms with Crippen LogP contribution >= 0.6 is 0 Å². The van der Waals surface area contributed by atoms with Gasteiger partial charge < -0.3 is 20.4 Å². The maximum Gasteiger partial charge on any atom is 0.238 e. The van der Waals surface area contributed by atoms with Crippen LogP contribution in [0, 0.1) is 23.1 Å². The summed E-state index contributed by atoms with van der Waals surface area (Å²) in [5.74, 6) is -0.686. The number of piperidine rings is 1. The molecule has 1 saturated carbocycles. The molecule has 1 saturated heterocycles. The minimum absolute atomic E-state index is 0.0288. The fourth-order valence-corrected chi connectivity index (χ4v) is 4.94. The largest absolute Gasteiger partial charge is 0.339 e. The van der Waals surface area contributed by atoms with Gasteiger partial charge in [0.2, 0.25) is 17.4 Å². The van der Waals surface area contributed by atoms with Crippen molar-refractivity contribution < 1.29 is 29.5 Å². The molecule has 1 aliphatic carbocycles. The lowest BCUT2D eigenvalue weighted by Crippen LogP contribution is -2.50. The molecule has 0 radical (unpaired) electrons. The summed E-state index contributed by atoms with van der Waals surface area (Å²) in [5.41, 5.74) is 1.58. The van der Waals surface area contributed by atoms with Crippen LogP contribution in [-0.2, 0) is 11.2 Å². The van der Waals surface area contributed by atoms with E-state index in [0.29, 0.717) is 28.9 Å². The molecule has 0 spiro atoms. The highest BCUT2D eigenvalue weighted by Crippen LogP contribution is 2.35. The van der Waals surface area contributed by atoms with Gasteiger partial charge in [-0.2, -0.15) is 5.26 Å². The standard InChI is InChI=1S/C24H23FN6O5/c25-19-10-18(31-12-20(29-30-31)14-3-6-21(35-33)22(9-14)36-34)5-2-13(19)7-17(11-26)28-24(32)23-15-1-4-16(8-15)27-23/h2-3,5-6,9-10,12,15-17,23,27,33-34H,1,4,7-8H2,(H,28,32)/t15-,16+,17-,23-/m0/s1. The second kappa shape index (κ2) is 9.90. The molecule has 1 amide bonds. The summed E-state index contributed by atoms with van der Waals surface area (Å²) in [4.78, 5) is 20.9. The number of benzene rings is 2. The van der Waals surface area contributed by atoms with Crippen molar-refractivity contribution >= 4 is 5.91 Å². The number of carbonyl (C=O) groups excluding carboxylic acids is 1. The van der Waals surface area contributed by atoms with Crippen molar-refractivity contribution in [1.82, 2.24) is 25.6 Å². The molecule has 2 fully saturated rings. The van der Waals surface area contributed by atoms with E-state index in [1.807, 2.05) is 0 Å². The van der Waals surface area contributed by atoms with Crippen molar-refractivity contribution in [3.8, 4) is 34.5 Å². The number of nitriles is 1. The first-order valence-electron chi connectivity index (χ1n) is 11.4. The molecule has 2 heterocycles. The molecule has 3 aromatic rings. The van der Waals surface area contributed by atoms with Gasteiger partial charge in [-0.05, 0) is 61.1 Å².